The molecule has 0 radical (unpaired) electrons. The van der Waals surface area contributed by atoms with Crippen LogP contribution in [0.4, 0.5) is 18.0 Å². The predicted octanol–water partition coefficient (Wildman–Crippen LogP) is 5.59. The standard InChI is InChI=1S/C28H32F3N3O6/c29-28(30,31)39-23-4-2-1-3-21(23)24-22(25(40-33-24)15-5-6-15)14-38-20-12-18-11-19(13-20)34(18)27(37)32-17-9-7-16(8-10-17)26(35)36/h1-4,15-20H,5-14H2,(H,32,37)(H,35,36)/t16-,17-,18?,19?,20?. The Morgan fingerprint density at radius 1 is 1.05 bits per heavy atom. The average molecular weight is 564 g/mol. The van der Waals surface area contributed by atoms with E-state index in [0.717, 1.165) is 19.3 Å². The quantitative estimate of drug-likeness (QED) is 0.430. The number of amides is 2. The minimum atomic E-state index is -4.84. The molecule has 2 bridgehead atoms. The number of hydrogen-bond donors (Lipinski definition) is 2. The Kier molecular flexibility index (Phi) is 7.14. The van der Waals surface area contributed by atoms with Crippen molar-refractivity contribution in [2.24, 2.45) is 5.92 Å². The molecule has 12 heteroatoms. The highest BCUT2D eigenvalue weighted by Crippen LogP contribution is 2.46. The van der Waals surface area contributed by atoms with Crippen molar-refractivity contribution in [3.8, 4) is 17.0 Å². The Balaban J connectivity index is 1.08. The van der Waals surface area contributed by atoms with E-state index in [1.165, 1.54) is 18.2 Å². The highest BCUT2D eigenvalue weighted by atomic mass is 19.4. The molecule has 2 N–H and O–H groups in total. The number of carboxylic acid groups (broad SMARTS) is 1. The summed E-state index contributed by atoms with van der Waals surface area (Å²) in [6.07, 6.45) is 1.64. The first-order valence-electron chi connectivity index (χ1n) is 13.9. The molecular weight excluding hydrogens is 531 g/mol. The van der Waals surface area contributed by atoms with E-state index in [1.807, 2.05) is 4.90 Å². The van der Waals surface area contributed by atoms with Gasteiger partial charge in [0.1, 0.15) is 17.2 Å². The SMILES string of the molecule is O=C(N[C@H]1CC[C@H](C(=O)O)CC1)N1C2CC(OCc3c(-c4ccccc4OC(F)(F)F)noc3C3CC3)CC1C2. The predicted molar refractivity (Wildman–Crippen MR) is 134 cm³/mol. The third kappa shape index (κ3) is 5.63. The van der Waals surface area contributed by atoms with E-state index in [1.54, 1.807) is 6.07 Å². The molecule has 2 amide bonds. The summed E-state index contributed by atoms with van der Waals surface area (Å²) < 4.78 is 55.2. The second-order valence-electron chi connectivity index (χ2n) is 11.4. The lowest BCUT2D eigenvalue weighted by Crippen LogP contribution is -2.67. The topological polar surface area (TPSA) is 114 Å². The van der Waals surface area contributed by atoms with Crippen LogP contribution >= 0.6 is 0 Å². The number of aromatic nitrogens is 1. The number of piperidine rings is 1. The van der Waals surface area contributed by atoms with E-state index in [9.17, 15) is 27.9 Å². The molecule has 7 rings (SSSR count). The Morgan fingerprint density at radius 3 is 2.40 bits per heavy atom. The molecule has 1 aromatic carbocycles. The summed E-state index contributed by atoms with van der Waals surface area (Å²) in [5.74, 6) is -0.610. The molecule has 3 aliphatic carbocycles. The largest absolute Gasteiger partial charge is 0.573 e. The zero-order valence-electron chi connectivity index (χ0n) is 21.9. The van der Waals surface area contributed by atoms with E-state index < -0.39 is 12.3 Å². The number of rotatable bonds is 8. The van der Waals surface area contributed by atoms with Gasteiger partial charge < -0.3 is 29.3 Å². The summed E-state index contributed by atoms with van der Waals surface area (Å²) >= 11 is 0. The molecule has 5 aliphatic rings. The maximum Gasteiger partial charge on any atom is 0.573 e. The maximum atomic E-state index is 13.0. The van der Waals surface area contributed by atoms with Crippen LogP contribution in [0.2, 0.25) is 0 Å². The third-order valence-corrected chi connectivity index (χ3v) is 8.64. The van der Waals surface area contributed by atoms with Crippen LogP contribution in [0.3, 0.4) is 0 Å². The molecule has 0 spiro atoms. The monoisotopic (exact) mass is 563 g/mol. The van der Waals surface area contributed by atoms with E-state index in [4.69, 9.17) is 9.26 Å². The summed E-state index contributed by atoms with van der Waals surface area (Å²) in [5, 5.41) is 16.4. The fourth-order valence-electron chi connectivity index (χ4n) is 6.44. The van der Waals surface area contributed by atoms with Crippen molar-refractivity contribution in [3.63, 3.8) is 0 Å². The highest BCUT2D eigenvalue weighted by Gasteiger charge is 2.49. The molecule has 2 unspecified atom stereocenters. The van der Waals surface area contributed by atoms with Gasteiger partial charge in [0.25, 0.3) is 0 Å². The minimum Gasteiger partial charge on any atom is -0.481 e. The van der Waals surface area contributed by atoms with E-state index in [2.05, 4.69) is 15.2 Å². The van der Waals surface area contributed by atoms with Crippen LogP contribution < -0.4 is 10.1 Å². The van der Waals surface area contributed by atoms with Crippen LogP contribution in [0.25, 0.3) is 11.3 Å². The van der Waals surface area contributed by atoms with E-state index >= 15 is 0 Å². The number of nitrogens with one attached hydrogen (secondary N) is 1. The van der Waals surface area contributed by atoms with Gasteiger partial charge in [0.2, 0.25) is 0 Å². The molecule has 9 nitrogen and oxygen atoms in total. The number of fused-ring (bicyclic) bond motifs is 2. The lowest BCUT2D eigenvalue weighted by Gasteiger charge is -2.55. The number of para-hydroxylation sites is 1. The molecule has 3 heterocycles. The Bertz CT molecular complexity index is 1240. The summed E-state index contributed by atoms with van der Waals surface area (Å²) in [6, 6.07) is 5.89. The summed E-state index contributed by atoms with van der Waals surface area (Å²) in [4.78, 5) is 26.0. The van der Waals surface area contributed by atoms with Gasteiger partial charge in [0.15, 0.2) is 0 Å². The van der Waals surface area contributed by atoms with Crippen molar-refractivity contribution >= 4 is 12.0 Å². The van der Waals surface area contributed by atoms with Crippen LogP contribution in [-0.4, -0.2) is 57.8 Å². The van der Waals surface area contributed by atoms with Gasteiger partial charge in [-0.3, -0.25) is 4.79 Å². The number of urea groups is 1. The number of ether oxygens (including phenoxy) is 2. The summed E-state index contributed by atoms with van der Waals surface area (Å²) in [7, 11) is 0. The number of carboxylic acids is 1. The zero-order valence-corrected chi connectivity index (χ0v) is 21.9. The number of halogens is 3. The number of benzene rings is 1. The van der Waals surface area contributed by atoms with Gasteiger partial charge in [-0.25, -0.2) is 4.79 Å². The van der Waals surface area contributed by atoms with Gasteiger partial charge in [-0.2, -0.15) is 0 Å². The number of alkyl halides is 3. The normalized spacial score (nSPS) is 28.1. The van der Waals surface area contributed by atoms with Crippen molar-refractivity contribution in [2.45, 2.75) is 101 Å². The van der Waals surface area contributed by atoms with E-state index in [-0.39, 0.29) is 60.0 Å². The van der Waals surface area contributed by atoms with Gasteiger partial charge in [-0.05, 0) is 69.9 Å². The maximum absolute atomic E-state index is 13.0. The first-order chi connectivity index (χ1) is 19.2. The van der Waals surface area contributed by atoms with Gasteiger partial charge >= 0.3 is 18.4 Å². The van der Waals surface area contributed by atoms with Gasteiger partial charge in [-0.15, -0.1) is 13.2 Å². The molecule has 2 aliphatic heterocycles. The first-order valence-corrected chi connectivity index (χ1v) is 13.9. The lowest BCUT2D eigenvalue weighted by atomic mass is 9.78. The lowest BCUT2D eigenvalue weighted by molar-refractivity contribution is -0.274. The smallest absolute Gasteiger partial charge is 0.481 e. The van der Waals surface area contributed by atoms with Crippen LogP contribution in [0, 0.1) is 5.92 Å². The van der Waals surface area contributed by atoms with Crippen LogP contribution in [0.15, 0.2) is 28.8 Å². The van der Waals surface area contributed by atoms with E-state index in [0.29, 0.717) is 55.5 Å². The molecule has 1 aromatic heterocycles. The Hall–Kier alpha value is -3.28. The molecule has 40 heavy (non-hydrogen) atoms. The van der Waals surface area contributed by atoms with Crippen molar-refractivity contribution in [1.82, 2.24) is 15.4 Å². The number of carbonyl (C=O) groups excluding carboxylic acids is 1. The fourth-order valence-corrected chi connectivity index (χ4v) is 6.44. The number of carbonyl (C=O) groups is 2. The van der Waals surface area contributed by atoms with Crippen molar-refractivity contribution in [2.75, 3.05) is 0 Å². The first kappa shape index (κ1) is 26.9. The van der Waals surface area contributed by atoms with Crippen molar-refractivity contribution in [1.29, 1.82) is 0 Å². The second-order valence-corrected chi connectivity index (χ2v) is 11.4. The van der Waals surface area contributed by atoms with Crippen molar-refractivity contribution in [3.05, 3.63) is 35.6 Å². The number of aliphatic carboxylic acids is 1. The molecule has 5 fully saturated rings. The van der Waals surface area contributed by atoms with Crippen LogP contribution in [-0.2, 0) is 16.1 Å². The summed E-state index contributed by atoms with van der Waals surface area (Å²) in [6.45, 7) is 0.147. The van der Waals surface area contributed by atoms with Gasteiger partial charge in [0.05, 0.1) is 18.6 Å². The number of nitrogens with zero attached hydrogens (tertiary/aromatic N) is 2. The average Bonchev–Trinajstić information content (AvgIpc) is 3.66. The molecule has 3 saturated carbocycles. The molecule has 2 aromatic rings. The Labute approximate surface area is 229 Å². The Morgan fingerprint density at radius 2 is 1.75 bits per heavy atom. The van der Waals surface area contributed by atoms with Crippen LogP contribution in [0.1, 0.15) is 75.0 Å². The third-order valence-electron chi connectivity index (χ3n) is 8.64. The highest BCUT2D eigenvalue weighted by molar-refractivity contribution is 5.77. The molecule has 2 atom stereocenters. The molecular formula is C28H32F3N3O6. The second kappa shape index (κ2) is 10.6. The van der Waals surface area contributed by atoms with Crippen molar-refractivity contribution < 1.29 is 41.9 Å². The zero-order chi connectivity index (χ0) is 28.0. The molecule has 216 valence electrons. The summed E-state index contributed by atoms with van der Waals surface area (Å²) in [5.41, 5.74) is 1.13. The van der Waals surface area contributed by atoms with Gasteiger partial charge in [-0.1, -0.05) is 17.3 Å². The molecule has 2 saturated heterocycles. The van der Waals surface area contributed by atoms with Crippen LogP contribution in [0.5, 0.6) is 5.75 Å². The minimum absolute atomic E-state index is 0.00599. The van der Waals surface area contributed by atoms with Gasteiger partial charge in [0, 0.05) is 35.2 Å². The fraction of sp³-hybridized carbons (Fsp3) is 0.607. The number of hydrogen-bond acceptors (Lipinski definition) is 6.